The van der Waals surface area contributed by atoms with Crippen molar-refractivity contribution in [3.8, 4) is 11.3 Å². The maximum absolute atomic E-state index is 4.49. The molecule has 4 nitrogen and oxygen atoms in total. The van der Waals surface area contributed by atoms with Crippen LogP contribution in [0.5, 0.6) is 0 Å². The minimum absolute atomic E-state index is 0.660. The highest BCUT2D eigenvalue weighted by Gasteiger charge is 2.05. The molecular weight excluding hydrogens is 212 g/mol. The van der Waals surface area contributed by atoms with Gasteiger partial charge in [-0.15, -0.1) is 0 Å². The van der Waals surface area contributed by atoms with Crippen LogP contribution in [-0.4, -0.2) is 19.9 Å². The lowest BCUT2D eigenvalue weighted by molar-refractivity contribution is 1.18. The molecule has 0 saturated heterocycles. The average Bonchev–Trinajstić information content (AvgIpc) is 2.39. The first-order valence-corrected chi connectivity index (χ1v) is 5.34. The summed E-state index contributed by atoms with van der Waals surface area (Å²) in [4.78, 5) is 17.2. The minimum Gasteiger partial charge on any atom is -0.261 e. The van der Waals surface area contributed by atoms with E-state index in [1.807, 2.05) is 31.2 Å². The maximum Gasteiger partial charge on any atom is 0.178 e. The van der Waals surface area contributed by atoms with E-state index in [0.717, 1.165) is 22.5 Å². The summed E-state index contributed by atoms with van der Waals surface area (Å²) < 4.78 is 0. The molecular formula is C13H10N4. The second kappa shape index (κ2) is 3.90. The van der Waals surface area contributed by atoms with Crippen LogP contribution < -0.4 is 0 Å². The molecule has 0 spiro atoms. The number of nitrogens with zero attached hydrogens (tertiary/aromatic N) is 4. The van der Waals surface area contributed by atoms with Gasteiger partial charge in [-0.25, -0.2) is 9.97 Å². The number of aryl methyl sites for hydroxylation is 1. The monoisotopic (exact) mass is 222 g/mol. The molecule has 17 heavy (non-hydrogen) atoms. The lowest BCUT2D eigenvalue weighted by Gasteiger charge is -2.04. The smallest absolute Gasteiger partial charge is 0.178 e. The Morgan fingerprint density at radius 2 is 1.76 bits per heavy atom. The zero-order chi connectivity index (χ0) is 11.7. The summed E-state index contributed by atoms with van der Waals surface area (Å²) in [6.07, 6.45) is 5.09. The second-order valence-electron chi connectivity index (χ2n) is 3.73. The summed E-state index contributed by atoms with van der Waals surface area (Å²) in [5, 5.41) is 0. The zero-order valence-corrected chi connectivity index (χ0v) is 9.33. The number of rotatable bonds is 1. The molecule has 0 aliphatic rings. The summed E-state index contributed by atoms with van der Waals surface area (Å²) in [6.45, 7) is 1.97. The van der Waals surface area contributed by atoms with Crippen molar-refractivity contribution in [2.24, 2.45) is 0 Å². The van der Waals surface area contributed by atoms with Crippen molar-refractivity contribution in [3.05, 3.63) is 48.5 Å². The predicted octanol–water partition coefficient (Wildman–Crippen LogP) is 2.40. The minimum atomic E-state index is 0.660. The van der Waals surface area contributed by atoms with Gasteiger partial charge >= 0.3 is 0 Å². The highest BCUT2D eigenvalue weighted by atomic mass is 14.9. The molecule has 0 saturated carbocycles. The Morgan fingerprint density at radius 3 is 2.65 bits per heavy atom. The zero-order valence-electron chi connectivity index (χ0n) is 9.33. The molecule has 3 aromatic heterocycles. The molecule has 0 amide bonds. The molecule has 0 N–H and O–H groups in total. The molecule has 3 heterocycles. The van der Waals surface area contributed by atoms with E-state index in [9.17, 15) is 0 Å². The van der Waals surface area contributed by atoms with E-state index in [4.69, 9.17) is 0 Å². The van der Waals surface area contributed by atoms with Gasteiger partial charge < -0.3 is 0 Å². The number of fused-ring (bicyclic) bond motifs is 1. The predicted molar refractivity (Wildman–Crippen MR) is 65.3 cm³/mol. The normalized spacial score (nSPS) is 10.6. The first-order valence-electron chi connectivity index (χ1n) is 5.34. The van der Waals surface area contributed by atoms with Gasteiger partial charge in [-0.05, 0) is 31.2 Å². The molecule has 4 heteroatoms. The van der Waals surface area contributed by atoms with Crippen molar-refractivity contribution in [3.63, 3.8) is 0 Å². The Labute approximate surface area is 98.4 Å². The van der Waals surface area contributed by atoms with Gasteiger partial charge in [0.05, 0.1) is 5.69 Å². The van der Waals surface area contributed by atoms with E-state index >= 15 is 0 Å². The lowest BCUT2D eigenvalue weighted by atomic mass is 10.1. The molecule has 0 aliphatic heterocycles. The Bertz CT molecular complexity index is 679. The van der Waals surface area contributed by atoms with Crippen molar-refractivity contribution in [2.45, 2.75) is 6.92 Å². The van der Waals surface area contributed by atoms with Crippen molar-refractivity contribution >= 4 is 11.2 Å². The van der Waals surface area contributed by atoms with Gasteiger partial charge in [0.15, 0.2) is 5.65 Å². The number of hydrogen-bond acceptors (Lipinski definition) is 4. The van der Waals surface area contributed by atoms with Gasteiger partial charge in [0, 0.05) is 29.8 Å². The fourth-order valence-corrected chi connectivity index (χ4v) is 1.76. The molecule has 3 aromatic rings. The first kappa shape index (κ1) is 9.84. The first-order chi connectivity index (χ1) is 8.34. The third-order valence-electron chi connectivity index (χ3n) is 2.61. The Morgan fingerprint density at radius 1 is 0.882 bits per heavy atom. The summed E-state index contributed by atoms with van der Waals surface area (Å²) in [5.41, 5.74) is 4.33. The van der Waals surface area contributed by atoms with Crippen LogP contribution in [0.25, 0.3) is 22.4 Å². The van der Waals surface area contributed by atoms with Gasteiger partial charge in [-0.3, -0.25) is 9.97 Å². The maximum atomic E-state index is 4.49. The van der Waals surface area contributed by atoms with Crippen molar-refractivity contribution in [1.82, 2.24) is 19.9 Å². The van der Waals surface area contributed by atoms with E-state index in [-0.39, 0.29) is 0 Å². The molecule has 3 rings (SSSR count). The molecule has 0 aromatic carbocycles. The molecule has 0 radical (unpaired) electrons. The van der Waals surface area contributed by atoms with Gasteiger partial charge in [0.25, 0.3) is 0 Å². The molecule has 0 bridgehead atoms. The number of hydrogen-bond donors (Lipinski definition) is 0. The Kier molecular flexibility index (Phi) is 2.26. The Hall–Kier alpha value is -2.36. The molecule has 82 valence electrons. The molecule has 0 fully saturated rings. The van der Waals surface area contributed by atoms with Crippen molar-refractivity contribution < 1.29 is 0 Å². The van der Waals surface area contributed by atoms with Crippen LogP contribution >= 0.6 is 0 Å². The SMILES string of the molecule is Cc1ncccc1-c1ccc2nccnc2n1. The topological polar surface area (TPSA) is 51.6 Å². The summed E-state index contributed by atoms with van der Waals surface area (Å²) in [6, 6.07) is 7.79. The quantitative estimate of drug-likeness (QED) is 0.634. The number of pyridine rings is 2. The highest BCUT2D eigenvalue weighted by molar-refractivity contribution is 5.74. The molecule has 0 atom stereocenters. The van der Waals surface area contributed by atoms with Crippen LogP contribution in [0.15, 0.2) is 42.9 Å². The fraction of sp³-hybridized carbons (Fsp3) is 0.0769. The average molecular weight is 222 g/mol. The van der Waals surface area contributed by atoms with Crippen LogP contribution in [0.3, 0.4) is 0 Å². The number of aromatic nitrogens is 4. The van der Waals surface area contributed by atoms with Crippen molar-refractivity contribution in [2.75, 3.05) is 0 Å². The molecule has 0 unspecified atom stereocenters. The molecule has 0 aliphatic carbocycles. The summed E-state index contributed by atoms with van der Waals surface area (Å²) in [7, 11) is 0. The third-order valence-corrected chi connectivity index (χ3v) is 2.61. The van der Waals surface area contributed by atoms with Gasteiger partial charge in [0.1, 0.15) is 5.52 Å². The second-order valence-corrected chi connectivity index (χ2v) is 3.73. The summed E-state index contributed by atoms with van der Waals surface area (Å²) >= 11 is 0. The lowest BCUT2D eigenvalue weighted by Crippen LogP contribution is -1.92. The van der Waals surface area contributed by atoms with Crippen LogP contribution in [-0.2, 0) is 0 Å². The van der Waals surface area contributed by atoms with E-state index in [0.29, 0.717) is 5.65 Å². The standard InChI is InChI=1S/C13H10N4/c1-9-10(3-2-6-14-9)11-4-5-12-13(17-11)16-8-7-15-12/h2-8H,1H3. The Balaban J connectivity index is 2.22. The fourth-order valence-electron chi connectivity index (χ4n) is 1.76. The highest BCUT2D eigenvalue weighted by Crippen LogP contribution is 2.20. The van der Waals surface area contributed by atoms with E-state index in [2.05, 4.69) is 19.9 Å². The van der Waals surface area contributed by atoms with Crippen LogP contribution in [0.2, 0.25) is 0 Å². The largest absolute Gasteiger partial charge is 0.261 e. The van der Waals surface area contributed by atoms with Gasteiger partial charge in [-0.1, -0.05) is 0 Å². The van der Waals surface area contributed by atoms with Gasteiger partial charge in [0.2, 0.25) is 0 Å². The van der Waals surface area contributed by atoms with Crippen LogP contribution in [0, 0.1) is 6.92 Å². The van der Waals surface area contributed by atoms with Gasteiger partial charge in [-0.2, -0.15) is 0 Å². The summed E-state index contributed by atoms with van der Waals surface area (Å²) in [5.74, 6) is 0. The van der Waals surface area contributed by atoms with E-state index in [1.165, 1.54) is 0 Å². The van der Waals surface area contributed by atoms with E-state index in [1.54, 1.807) is 18.6 Å². The third kappa shape index (κ3) is 1.73. The van der Waals surface area contributed by atoms with Crippen molar-refractivity contribution in [1.29, 1.82) is 0 Å². The van der Waals surface area contributed by atoms with Crippen LogP contribution in [0.1, 0.15) is 5.69 Å². The van der Waals surface area contributed by atoms with Crippen LogP contribution in [0.4, 0.5) is 0 Å². The van der Waals surface area contributed by atoms with E-state index < -0.39 is 0 Å².